The third kappa shape index (κ3) is 3.34. The molecule has 0 saturated carbocycles. The minimum Gasteiger partial charge on any atom is -0.353 e. The maximum atomic E-state index is 5.93. The Morgan fingerprint density at radius 1 is 1.11 bits per heavy atom. The van der Waals surface area contributed by atoms with Crippen molar-refractivity contribution in [3.63, 3.8) is 0 Å². The van der Waals surface area contributed by atoms with E-state index in [1.54, 1.807) is 6.07 Å². The van der Waals surface area contributed by atoms with E-state index in [9.17, 15) is 0 Å². The highest BCUT2D eigenvalue weighted by Crippen LogP contribution is 2.25. The Kier molecular flexibility index (Phi) is 4.39. The summed E-state index contributed by atoms with van der Waals surface area (Å²) >= 11 is 11.7. The lowest BCUT2D eigenvalue weighted by atomic mass is 10.1. The van der Waals surface area contributed by atoms with E-state index in [4.69, 9.17) is 23.2 Å². The topological polar surface area (TPSA) is 37.8 Å². The average molecular weight is 282 g/mol. The highest BCUT2D eigenvalue weighted by molar-refractivity contribution is 6.33. The van der Waals surface area contributed by atoms with Crippen molar-refractivity contribution in [2.75, 3.05) is 5.32 Å². The molecule has 1 aromatic carbocycles. The number of hydrogen-bond donors (Lipinski definition) is 1. The molecule has 0 aliphatic heterocycles. The van der Waals surface area contributed by atoms with Crippen molar-refractivity contribution >= 4 is 34.6 Å². The van der Waals surface area contributed by atoms with Gasteiger partial charge >= 0.3 is 0 Å². The fraction of sp³-hybridized carbons (Fsp3) is 0.231. The summed E-state index contributed by atoms with van der Waals surface area (Å²) in [5.41, 5.74) is 2.92. The van der Waals surface area contributed by atoms with Gasteiger partial charge in [0.1, 0.15) is 0 Å². The Hall–Kier alpha value is -1.32. The van der Waals surface area contributed by atoms with Gasteiger partial charge in [-0.05, 0) is 24.1 Å². The first-order chi connectivity index (χ1) is 8.69. The summed E-state index contributed by atoms with van der Waals surface area (Å²) in [5.74, 6) is 0. The Bertz CT molecular complexity index is 526. The minimum atomic E-state index is 0.303. The van der Waals surface area contributed by atoms with Crippen LogP contribution >= 0.6 is 23.2 Å². The molecule has 1 N–H and O–H groups in total. The van der Waals surface area contributed by atoms with Crippen LogP contribution in [-0.4, -0.2) is 10.2 Å². The molecule has 0 saturated heterocycles. The third-order valence-electron chi connectivity index (χ3n) is 2.49. The first-order valence-electron chi connectivity index (χ1n) is 5.73. The van der Waals surface area contributed by atoms with Crippen molar-refractivity contribution in [1.82, 2.24) is 10.2 Å². The molecule has 3 nitrogen and oxygen atoms in total. The second kappa shape index (κ2) is 6.03. The van der Waals surface area contributed by atoms with E-state index < -0.39 is 0 Å². The van der Waals surface area contributed by atoms with Crippen LogP contribution < -0.4 is 5.32 Å². The van der Waals surface area contributed by atoms with E-state index in [2.05, 4.69) is 34.6 Å². The fourth-order valence-corrected chi connectivity index (χ4v) is 1.93. The first-order valence-corrected chi connectivity index (χ1v) is 6.49. The molecule has 1 aromatic heterocycles. The molecule has 0 radical (unpaired) electrons. The molecule has 1 heterocycles. The molecule has 0 aliphatic rings. The second-order valence-electron chi connectivity index (χ2n) is 3.94. The van der Waals surface area contributed by atoms with Crippen molar-refractivity contribution in [3.05, 3.63) is 46.2 Å². The SMILES string of the molecule is CCCc1ccc(Nc2cc(Cl)nnc2Cl)cc1. The maximum absolute atomic E-state index is 5.93. The predicted molar refractivity (Wildman–Crippen MR) is 75.8 cm³/mol. The predicted octanol–water partition coefficient (Wildman–Crippen LogP) is 4.48. The minimum absolute atomic E-state index is 0.303. The van der Waals surface area contributed by atoms with Crippen LogP contribution in [0.2, 0.25) is 10.3 Å². The number of benzene rings is 1. The number of hydrogen-bond acceptors (Lipinski definition) is 3. The zero-order valence-electron chi connectivity index (χ0n) is 9.95. The first kappa shape index (κ1) is 13.1. The van der Waals surface area contributed by atoms with Gasteiger partial charge in [-0.3, -0.25) is 0 Å². The zero-order valence-corrected chi connectivity index (χ0v) is 11.5. The summed E-state index contributed by atoms with van der Waals surface area (Å²) in [5, 5.41) is 11.2. The smallest absolute Gasteiger partial charge is 0.175 e. The average Bonchev–Trinajstić information content (AvgIpc) is 2.37. The number of aryl methyl sites for hydroxylation is 1. The second-order valence-corrected chi connectivity index (χ2v) is 4.69. The molecule has 0 amide bonds. The van der Waals surface area contributed by atoms with Crippen LogP contribution in [0, 0.1) is 0 Å². The monoisotopic (exact) mass is 281 g/mol. The van der Waals surface area contributed by atoms with Crippen LogP contribution in [-0.2, 0) is 6.42 Å². The Morgan fingerprint density at radius 3 is 2.50 bits per heavy atom. The van der Waals surface area contributed by atoms with Crippen molar-refractivity contribution in [1.29, 1.82) is 0 Å². The molecule has 18 heavy (non-hydrogen) atoms. The van der Waals surface area contributed by atoms with E-state index in [0.717, 1.165) is 18.5 Å². The highest BCUT2D eigenvalue weighted by atomic mass is 35.5. The molecule has 0 bridgehead atoms. The van der Waals surface area contributed by atoms with Crippen LogP contribution in [0.1, 0.15) is 18.9 Å². The molecule has 0 unspecified atom stereocenters. The summed E-state index contributed by atoms with van der Waals surface area (Å²) < 4.78 is 0. The summed E-state index contributed by atoms with van der Waals surface area (Å²) in [4.78, 5) is 0. The van der Waals surface area contributed by atoms with Crippen molar-refractivity contribution in [3.8, 4) is 0 Å². The molecule has 0 atom stereocenters. The van der Waals surface area contributed by atoms with Gasteiger partial charge in [0, 0.05) is 11.8 Å². The number of halogens is 2. The number of rotatable bonds is 4. The van der Waals surface area contributed by atoms with E-state index >= 15 is 0 Å². The van der Waals surface area contributed by atoms with Gasteiger partial charge in [0.15, 0.2) is 10.3 Å². The molecule has 0 fully saturated rings. The van der Waals surface area contributed by atoms with E-state index in [1.165, 1.54) is 5.56 Å². The van der Waals surface area contributed by atoms with Gasteiger partial charge < -0.3 is 5.32 Å². The number of anilines is 2. The van der Waals surface area contributed by atoms with Crippen LogP contribution in [0.25, 0.3) is 0 Å². The van der Waals surface area contributed by atoms with Crippen LogP contribution in [0.4, 0.5) is 11.4 Å². The molecule has 0 aliphatic carbocycles. The number of aromatic nitrogens is 2. The zero-order chi connectivity index (χ0) is 13.0. The van der Waals surface area contributed by atoms with Gasteiger partial charge in [-0.25, -0.2) is 0 Å². The fourth-order valence-electron chi connectivity index (χ4n) is 1.64. The highest BCUT2D eigenvalue weighted by Gasteiger charge is 2.04. The molecule has 2 aromatic rings. The third-order valence-corrected chi connectivity index (χ3v) is 2.95. The summed E-state index contributed by atoms with van der Waals surface area (Å²) in [7, 11) is 0. The summed E-state index contributed by atoms with van der Waals surface area (Å²) in [6, 6.07) is 9.86. The number of nitrogens with one attached hydrogen (secondary N) is 1. The van der Waals surface area contributed by atoms with Crippen molar-refractivity contribution in [2.24, 2.45) is 0 Å². The van der Waals surface area contributed by atoms with Crippen molar-refractivity contribution in [2.45, 2.75) is 19.8 Å². The maximum Gasteiger partial charge on any atom is 0.175 e. The van der Waals surface area contributed by atoms with E-state index in [1.807, 2.05) is 12.1 Å². The van der Waals surface area contributed by atoms with Gasteiger partial charge in [-0.1, -0.05) is 48.7 Å². The Labute approximate surface area is 116 Å². The lowest BCUT2D eigenvalue weighted by Crippen LogP contribution is -1.95. The van der Waals surface area contributed by atoms with Crippen LogP contribution in [0.5, 0.6) is 0 Å². The van der Waals surface area contributed by atoms with Gasteiger partial charge in [0.05, 0.1) is 5.69 Å². The number of nitrogens with zero attached hydrogens (tertiary/aromatic N) is 2. The lowest BCUT2D eigenvalue weighted by Gasteiger charge is -2.08. The van der Waals surface area contributed by atoms with Gasteiger partial charge in [-0.2, -0.15) is 0 Å². The van der Waals surface area contributed by atoms with Crippen LogP contribution in [0.15, 0.2) is 30.3 Å². The Morgan fingerprint density at radius 2 is 1.83 bits per heavy atom. The molecule has 0 spiro atoms. The lowest BCUT2D eigenvalue weighted by molar-refractivity contribution is 0.922. The van der Waals surface area contributed by atoms with Gasteiger partial charge in [0.25, 0.3) is 0 Å². The molecular weight excluding hydrogens is 269 g/mol. The summed E-state index contributed by atoms with van der Waals surface area (Å²) in [6.07, 6.45) is 2.23. The largest absolute Gasteiger partial charge is 0.353 e. The molecular formula is C13H13Cl2N3. The van der Waals surface area contributed by atoms with Crippen LogP contribution in [0.3, 0.4) is 0 Å². The molecule has 94 valence electrons. The van der Waals surface area contributed by atoms with Gasteiger partial charge in [0.2, 0.25) is 0 Å². The Balaban J connectivity index is 2.15. The normalized spacial score (nSPS) is 10.4. The molecule has 2 rings (SSSR count). The standard InChI is InChI=1S/C13H13Cl2N3/c1-2-3-9-4-6-10(7-5-9)16-11-8-12(14)17-18-13(11)15/h4-8H,2-3H2,1H3,(H,16,17). The molecule has 5 heteroatoms. The quantitative estimate of drug-likeness (QED) is 0.898. The summed E-state index contributed by atoms with van der Waals surface area (Å²) in [6.45, 7) is 2.16. The van der Waals surface area contributed by atoms with E-state index in [-0.39, 0.29) is 0 Å². The van der Waals surface area contributed by atoms with Gasteiger partial charge in [-0.15, -0.1) is 10.2 Å². The van der Waals surface area contributed by atoms with E-state index in [0.29, 0.717) is 16.0 Å². The van der Waals surface area contributed by atoms with Crippen molar-refractivity contribution < 1.29 is 0 Å².